The first-order valence-electron chi connectivity index (χ1n) is 12.0. The molecule has 0 aromatic rings. The summed E-state index contributed by atoms with van der Waals surface area (Å²) in [6, 6.07) is 0. The van der Waals surface area contributed by atoms with E-state index in [2.05, 4.69) is 6.92 Å². The van der Waals surface area contributed by atoms with E-state index in [9.17, 15) is 19.8 Å². The number of ether oxygens (including phenoxy) is 2. The average molecular weight is 433 g/mol. The number of aliphatic hydroxyl groups excluding tert-OH is 1. The minimum Gasteiger partial charge on any atom is -0.463 e. The molecular formula is C25H36O6. The van der Waals surface area contributed by atoms with Gasteiger partial charge in [-0.25, -0.2) is 4.79 Å². The fourth-order valence-corrected chi connectivity index (χ4v) is 8.69. The molecule has 6 heteroatoms. The van der Waals surface area contributed by atoms with Gasteiger partial charge in [0.05, 0.1) is 11.7 Å². The standard InChI is InChI=1S/C25H36O6/c1-14(26)31-17-6-8-23(2)16(11-17)4-5-19-20(23)12-21(27)24(3)18(7-9-25(19,24)29)15-10-22(28)30-13-15/h10,16-21,27,29H,4-9,11-13H2,1-3H3/t16-,17+,18-,19-,20+,21-,23+,24+,25+/m1/s1. The fraction of sp³-hybridized carbons (Fsp3) is 0.840. The predicted octanol–water partition coefficient (Wildman–Crippen LogP) is 3.15. The Morgan fingerprint density at radius 1 is 1.13 bits per heavy atom. The smallest absolute Gasteiger partial charge is 0.331 e. The zero-order chi connectivity index (χ0) is 22.2. The largest absolute Gasteiger partial charge is 0.463 e. The lowest BCUT2D eigenvalue weighted by Gasteiger charge is -2.65. The van der Waals surface area contributed by atoms with Gasteiger partial charge in [-0.1, -0.05) is 13.8 Å². The van der Waals surface area contributed by atoms with Gasteiger partial charge in [0.1, 0.15) is 12.7 Å². The summed E-state index contributed by atoms with van der Waals surface area (Å²) in [6.07, 6.45) is 7.77. The van der Waals surface area contributed by atoms with E-state index in [0.29, 0.717) is 18.8 Å². The molecule has 172 valence electrons. The number of carbonyl (C=O) groups is 2. The molecule has 0 bridgehead atoms. The number of hydrogen-bond acceptors (Lipinski definition) is 6. The van der Waals surface area contributed by atoms with E-state index in [-0.39, 0.29) is 47.8 Å². The maximum atomic E-state index is 12.2. The Balaban J connectivity index is 1.44. The molecule has 0 radical (unpaired) electrons. The normalized spacial score (nSPS) is 51.3. The fourth-order valence-electron chi connectivity index (χ4n) is 8.69. The van der Waals surface area contributed by atoms with Gasteiger partial charge in [-0.15, -0.1) is 0 Å². The zero-order valence-electron chi connectivity index (χ0n) is 18.9. The molecule has 0 unspecified atom stereocenters. The third-order valence-electron chi connectivity index (χ3n) is 10.4. The Bertz CT molecular complexity index is 821. The van der Waals surface area contributed by atoms with Gasteiger partial charge in [0, 0.05) is 18.4 Å². The Hall–Kier alpha value is -1.40. The van der Waals surface area contributed by atoms with Crippen LogP contribution in [0.5, 0.6) is 0 Å². The van der Waals surface area contributed by atoms with Crippen LogP contribution in [0.1, 0.15) is 72.1 Å². The topological polar surface area (TPSA) is 93.1 Å². The van der Waals surface area contributed by atoms with E-state index in [1.54, 1.807) is 6.08 Å². The van der Waals surface area contributed by atoms with Gasteiger partial charge in [-0.3, -0.25) is 4.79 Å². The van der Waals surface area contributed by atoms with Crippen LogP contribution >= 0.6 is 0 Å². The summed E-state index contributed by atoms with van der Waals surface area (Å²) in [5, 5.41) is 23.8. The highest BCUT2D eigenvalue weighted by atomic mass is 16.5. The second kappa shape index (κ2) is 7.05. The lowest BCUT2D eigenvalue weighted by Crippen LogP contribution is -2.67. The van der Waals surface area contributed by atoms with Crippen molar-refractivity contribution in [2.75, 3.05) is 6.61 Å². The van der Waals surface area contributed by atoms with Crippen LogP contribution in [0, 0.1) is 34.5 Å². The van der Waals surface area contributed by atoms with Crippen molar-refractivity contribution in [1.29, 1.82) is 0 Å². The van der Waals surface area contributed by atoms with Gasteiger partial charge in [0.2, 0.25) is 0 Å². The number of carbonyl (C=O) groups excluding carboxylic acids is 2. The predicted molar refractivity (Wildman–Crippen MR) is 113 cm³/mol. The maximum absolute atomic E-state index is 12.2. The van der Waals surface area contributed by atoms with Crippen molar-refractivity contribution in [3.05, 3.63) is 11.6 Å². The molecule has 1 heterocycles. The lowest BCUT2D eigenvalue weighted by atomic mass is 9.42. The molecule has 1 aliphatic heterocycles. The van der Waals surface area contributed by atoms with Crippen LogP contribution in [0.2, 0.25) is 0 Å². The SMILES string of the molecule is CC(=O)O[C@H]1CC[C@@]2(C)[C@H](CC[C@@H]3[C@@H]2C[C@@H](O)[C@]2(C)[C@@H](C4=CC(=O)OC4)CC[C@]32O)C1. The maximum Gasteiger partial charge on any atom is 0.331 e. The third-order valence-corrected chi connectivity index (χ3v) is 10.4. The van der Waals surface area contributed by atoms with Crippen molar-refractivity contribution in [3.8, 4) is 0 Å². The van der Waals surface area contributed by atoms with Gasteiger partial charge >= 0.3 is 11.9 Å². The highest BCUT2D eigenvalue weighted by molar-refractivity contribution is 5.85. The quantitative estimate of drug-likeness (QED) is 0.651. The highest BCUT2D eigenvalue weighted by Gasteiger charge is 2.70. The van der Waals surface area contributed by atoms with Gasteiger partial charge in [0.15, 0.2) is 0 Å². The second-order valence-electron chi connectivity index (χ2n) is 11.4. The van der Waals surface area contributed by atoms with Crippen molar-refractivity contribution in [2.24, 2.45) is 34.5 Å². The first-order chi connectivity index (χ1) is 14.6. The van der Waals surface area contributed by atoms with Gasteiger partial charge in [-0.2, -0.15) is 0 Å². The van der Waals surface area contributed by atoms with Gasteiger partial charge in [-0.05, 0) is 86.0 Å². The number of cyclic esters (lactones) is 1. The first-order valence-corrected chi connectivity index (χ1v) is 12.0. The summed E-state index contributed by atoms with van der Waals surface area (Å²) < 4.78 is 10.7. The van der Waals surface area contributed by atoms with E-state index >= 15 is 0 Å². The number of fused-ring (bicyclic) bond motifs is 5. The van der Waals surface area contributed by atoms with E-state index in [1.807, 2.05) is 6.92 Å². The number of hydrogen-bond donors (Lipinski definition) is 2. The van der Waals surface area contributed by atoms with Crippen molar-refractivity contribution >= 4 is 11.9 Å². The van der Waals surface area contributed by atoms with E-state index in [1.165, 1.54) is 6.92 Å². The van der Waals surface area contributed by atoms with Crippen LogP contribution < -0.4 is 0 Å². The monoisotopic (exact) mass is 432 g/mol. The summed E-state index contributed by atoms with van der Waals surface area (Å²) in [6.45, 7) is 6.15. The molecule has 31 heavy (non-hydrogen) atoms. The van der Waals surface area contributed by atoms with Crippen LogP contribution in [0.25, 0.3) is 0 Å². The zero-order valence-corrected chi connectivity index (χ0v) is 18.9. The molecule has 9 atom stereocenters. The highest BCUT2D eigenvalue weighted by Crippen LogP contribution is 2.69. The molecule has 4 aliphatic carbocycles. The van der Waals surface area contributed by atoms with E-state index < -0.39 is 17.1 Å². The number of rotatable bonds is 2. The second-order valence-corrected chi connectivity index (χ2v) is 11.4. The van der Waals surface area contributed by atoms with Crippen LogP contribution in [-0.2, 0) is 19.1 Å². The molecular weight excluding hydrogens is 396 g/mol. The van der Waals surface area contributed by atoms with Crippen molar-refractivity contribution < 1.29 is 29.3 Å². The van der Waals surface area contributed by atoms with E-state index in [4.69, 9.17) is 9.47 Å². The first kappa shape index (κ1) is 21.4. The molecule has 5 rings (SSSR count). The molecule has 2 N–H and O–H groups in total. The van der Waals surface area contributed by atoms with Crippen LogP contribution in [0.15, 0.2) is 11.6 Å². The molecule has 0 aromatic carbocycles. The van der Waals surface area contributed by atoms with E-state index in [0.717, 1.165) is 44.1 Å². The summed E-state index contributed by atoms with van der Waals surface area (Å²) in [7, 11) is 0. The Labute approximate surface area is 184 Å². The lowest BCUT2D eigenvalue weighted by molar-refractivity contribution is -0.245. The molecule has 0 aromatic heterocycles. The number of esters is 2. The molecule has 4 saturated carbocycles. The van der Waals surface area contributed by atoms with Crippen molar-refractivity contribution in [1.82, 2.24) is 0 Å². The van der Waals surface area contributed by atoms with Crippen molar-refractivity contribution in [2.45, 2.75) is 89.9 Å². The molecule has 0 spiro atoms. The summed E-state index contributed by atoms with van der Waals surface area (Å²) >= 11 is 0. The summed E-state index contributed by atoms with van der Waals surface area (Å²) in [5.41, 5.74) is -0.622. The van der Waals surface area contributed by atoms with Crippen LogP contribution in [-0.4, -0.2) is 46.6 Å². The molecule has 0 amide bonds. The van der Waals surface area contributed by atoms with Crippen LogP contribution in [0.3, 0.4) is 0 Å². The summed E-state index contributed by atoms with van der Waals surface area (Å²) in [5.74, 6) is 0.316. The molecule has 4 fully saturated rings. The Morgan fingerprint density at radius 3 is 2.58 bits per heavy atom. The average Bonchev–Trinajstić information content (AvgIpc) is 3.24. The third kappa shape index (κ3) is 2.90. The number of aliphatic hydroxyl groups is 2. The van der Waals surface area contributed by atoms with Crippen LogP contribution in [0.4, 0.5) is 0 Å². The minimum absolute atomic E-state index is 0.00306. The molecule has 0 saturated heterocycles. The van der Waals surface area contributed by atoms with Gasteiger partial charge in [0.25, 0.3) is 0 Å². The molecule has 6 nitrogen and oxygen atoms in total. The Kier molecular flexibility index (Phi) is 4.88. The Morgan fingerprint density at radius 2 is 1.90 bits per heavy atom. The molecule has 5 aliphatic rings. The summed E-state index contributed by atoms with van der Waals surface area (Å²) in [4.78, 5) is 23.2. The van der Waals surface area contributed by atoms with Crippen molar-refractivity contribution in [3.63, 3.8) is 0 Å². The minimum atomic E-state index is -0.937. The van der Waals surface area contributed by atoms with Gasteiger partial charge < -0.3 is 19.7 Å².